The molecule has 2 aromatic heterocycles. The van der Waals surface area contributed by atoms with Gasteiger partial charge in [0.1, 0.15) is 5.52 Å². The molecule has 0 atom stereocenters. The van der Waals surface area contributed by atoms with E-state index in [-0.39, 0.29) is 18.3 Å². The lowest BCUT2D eigenvalue weighted by Crippen LogP contribution is -2.12. The highest BCUT2D eigenvalue weighted by Gasteiger charge is 2.19. The Morgan fingerprint density at radius 1 is 1.00 bits per heavy atom. The third-order valence-electron chi connectivity index (χ3n) is 2.66. The largest absolute Gasteiger partial charge is 0.464 e. The molecule has 7 heteroatoms. The Labute approximate surface area is 116 Å². The van der Waals surface area contributed by atoms with Gasteiger partial charge in [-0.2, -0.15) is 9.97 Å². The van der Waals surface area contributed by atoms with Gasteiger partial charge < -0.3 is 9.47 Å². The van der Waals surface area contributed by atoms with E-state index in [2.05, 4.69) is 19.9 Å². The molecule has 106 valence electrons. The highest BCUT2D eigenvalue weighted by atomic mass is 16.5. The SMILES string of the molecule is CCOC(=O)c1nc(OCC)nc2nc(C)c(C)nc12. The van der Waals surface area contributed by atoms with Crippen molar-refractivity contribution in [1.82, 2.24) is 19.9 Å². The van der Waals surface area contributed by atoms with Gasteiger partial charge >= 0.3 is 12.0 Å². The van der Waals surface area contributed by atoms with E-state index < -0.39 is 5.97 Å². The van der Waals surface area contributed by atoms with Crippen molar-refractivity contribution in [3.8, 4) is 6.01 Å². The number of rotatable bonds is 4. The lowest BCUT2D eigenvalue weighted by atomic mass is 10.3. The lowest BCUT2D eigenvalue weighted by Gasteiger charge is -2.08. The smallest absolute Gasteiger partial charge is 0.359 e. The third-order valence-corrected chi connectivity index (χ3v) is 2.66. The number of esters is 1. The van der Waals surface area contributed by atoms with Crippen LogP contribution in [0, 0.1) is 13.8 Å². The highest BCUT2D eigenvalue weighted by molar-refractivity contribution is 5.98. The van der Waals surface area contributed by atoms with E-state index in [1.807, 2.05) is 20.8 Å². The summed E-state index contributed by atoms with van der Waals surface area (Å²) in [4.78, 5) is 28.9. The molecule has 0 unspecified atom stereocenters. The van der Waals surface area contributed by atoms with Crippen LogP contribution < -0.4 is 4.74 Å². The van der Waals surface area contributed by atoms with Crippen LogP contribution >= 0.6 is 0 Å². The Balaban J connectivity index is 2.67. The maximum atomic E-state index is 12.0. The van der Waals surface area contributed by atoms with Gasteiger partial charge in [0.05, 0.1) is 24.6 Å². The molecule has 0 saturated heterocycles. The van der Waals surface area contributed by atoms with Crippen molar-refractivity contribution >= 4 is 17.1 Å². The van der Waals surface area contributed by atoms with Gasteiger partial charge in [-0.3, -0.25) is 0 Å². The molecule has 0 saturated carbocycles. The Bertz CT molecular complexity index is 658. The zero-order chi connectivity index (χ0) is 14.7. The van der Waals surface area contributed by atoms with Gasteiger partial charge in [0.15, 0.2) is 11.3 Å². The van der Waals surface area contributed by atoms with E-state index in [1.54, 1.807) is 6.92 Å². The highest BCUT2D eigenvalue weighted by Crippen LogP contribution is 2.18. The fourth-order valence-corrected chi connectivity index (χ4v) is 1.63. The fourth-order valence-electron chi connectivity index (χ4n) is 1.63. The van der Waals surface area contributed by atoms with Crippen LogP contribution in [0.3, 0.4) is 0 Å². The molecular formula is C13H16N4O3. The quantitative estimate of drug-likeness (QED) is 0.784. The average molecular weight is 276 g/mol. The van der Waals surface area contributed by atoms with E-state index in [0.717, 1.165) is 11.4 Å². The summed E-state index contributed by atoms with van der Waals surface area (Å²) in [5, 5.41) is 0. The van der Waals surface area contributed by atoms with Crippen LogP contribution in [0.15, 0.2) is 0 Å². The second-order valence-corrected chi connectivity index (χ2v) is 4.07. The van der Waals surface area contributed by atoms with Gasteiger partial charge in [-0.25, -0.2) is 14.8 Å². The molecule has 0 aliphatic rings. The molecule has 0 aliphatic carbocycles. The predicted molar refractivity (Wildman–Crippen MR) is 71.7 cm³/mol. The van der Waals surface area contributed by atoms with Gasteiger partial charge in [0, 0.05) is 0 Å². The van der Waals surface area contributed by atoms with Crippen molar-refractivity contribution in [2.75, 3.05) is 13.2 Å². The van der Waals surface area contributed by atoms with E-state index >= 15 is 0 Å². The minimum atomic E-state index is -0.557. The van der Waals surface area contributed by atoms with Crippen LogP contribution in [0.1, 0.15) is 35.7 Å². The number of nitrogens with zero attached hydrogens (tertiary/aromatic N) is 4. The molecule has 0 spiro atoms. The monoisotopic (exact) mass is 276 g/mol. The summed E-state index contributed by atoms with van der Waals surface area (Å²) in [6.07, 6.45) is 0. The molecular weight excluding hydrogens is 260 g/mol. The second-order valence-electron chi connectivity index (χ2n) is 4.07. The van der Waals surface area contributed by atoms with Crippen molar-refractivity contribution < 1.29 is 14.3 Å². The predicted octanol–water partition coefficient (Wildman–Crippen LogP) is 1.61. The molecule has 0 bridgehead atoms. The minimum Gasteiger partial charge on any atom is -0.464 e. The number of aromatic nitrogens is 4. The Morgan fingerprint density at radius 3 is 2.35 bits per heavy atom. The van der Waals surface area contributed by atoms with E-state index in [9.17, 15) is 4.79 Å². The van der Waals surface area contributed by atoms with Crippen LogP contribution in [-0.2, 0) is 4.74 Å². The second kappa shape index (κ2) is 5.77. The Hall–Kier alpha value is -2.31. The van der Waals surface area contributed by atoms with Gasteiger partial charge in [-0.15, -0.1) is 0 Å². The van der Waals surface area contributed by atoms with Gasteiger partial charge in [0.25, 0.3) is 0 Å². The van der Waals surface area contributed by atoms with Crippen molar-refractivity contribution in [2.45, 2.75) is 27.7 Å². The Morgan fingerprint density at radius 2 is 1.70 bits per heavy atom. The molecule has 0 radical (unpaired) electrons. The van der Waals surface area contributed by atoms with Crippen LogP contribution in [0.2, 0.25) is 0 Å². The standard InChI is InChI=1S/C13H16N4O3/c1-5-19-12(18)10-9-11(15-8(4)7(3)14-9)17-13(16-10)20-6-2/h5-6H2,1-4H3. The molecule has 0 amide bonds. The topological polar surface area (TPSA) is 87.1 Å². The van der Waals surface area contributed by atoms with Crippen LogP contribution in [0.4, 0.5) is 0 Å². The molecule has 0 aliphatic heterocycles. The summed E-state index contributed by atoms with van der Waals surface area (Å²) in [6.45, 7) is 7.83. The normalized spacial score (nSPS) is 10.6. The molecule has 2 aromatic rings. The zero-order valence-corrected chi connectivity index (χ0v) is 11.9. The first kappa shape index (κ1) is 14.1. The number of carbonyl (C=O) groups excluding carboxylic acids is 1. The number of fused-ring (bicyclic) bond motifs is 1. The van der Waals surface area contributed by atoms with Crippen LogP contribution in [-0.4, -0.2) is 39.1 Å². The molecule has 0 aromatic carbocycles. The molecule has 0 N–H and O–H groups in total. The molecule has 2 rings (SSSR count). The summed E-state index contributed by atoms with van der Waals surface area (Å²) < 4.78 is 10.2. The van der Waals surface area contributed by atoms with E-state index in [1.165, 1.54) is 0 Å². The maximum Gasteiger partial charge on any atom is 0.359 e. The number of ether oxygens (including phenoxy) is 2. The average Bonchev–Trinajstić information content (AvgIpc) is 2.40. The van der Waals surface area contributed by atoms with E-state index in [0.29, 0.717) is 17.8 Å². The maximum absolute atomic E-state index is 12.0. The molecule has 20 heavy (non-hydrogen) atoms. The summed E-state index contributed by atoms with van der Waals surface area (Å²) in [5.74, 6) is -0.557. The fraction of sp³-hybridized carbons (Fsp3) is 0.462. The summed E-state index contributed by atoms with van der Waals surface area (Å²) in [6, 6.07) is 0.0978. The molecule has 0 fully saturated rings. The number of aryl methyl sites for hydroxylation is 2. The lowest BCUT2D eigenvalue weighted by molar-refractivity contribution is 0.0520. The van der Waals surface area contributed by atoms with Gasteiger partial charge in [0.2, 0.25) is 0 Å². The van der Waals surface area contributed by atoms with Crippen molar-refractivity contribution in [3.63, 3.8) is 0 Å². The summed E-state index contributed by atoms with van der Waals surface area (Å²) in [7, 11) is 0. The number of hydrogen-bond acceptors (Lipinski definition) is 7. The van der Waals surface area contributed by atoms with Crippen molar-refractivity contribution in [1.29, 1.82) is 0 Å². The number of carbonyl (C=O) groups is 1. The van der Waals surface area contributed by atoms with Gasteiger partial charge in [-0.05, 0) is 27.7 Å². The zero-order valence-electron chi connectivity index (χ0n) is 11.9. The Kier molecular flexibility index (Phi) is 4.07. The van der Waals surface area contributed by atoms with Crippen molar-refractivity contribution in [2.24, 2.45) is 0 Å². The molecule has 7 nitrogen and oxygen atoms in total. The van der Waals surface area contributed by atoms with Gasteiger partial charge in [-0.1, -0.05) is 0 Å². The minimum absolute atomic E-state index is 0.0795. The van der Waals surface area contributed by atoms with Crippen molar-refractivity contribution in [3.05, 3.63) is 17.1 Å². The van der Waals surface area contributed by atoms with E-state index in [4.69, 9.17) is 9.47 Å². The van der Waals surface area contributed by atoms with Crippen LogP contribution in [0.5, 0.6) is 6.01 Å². The first-order valence-corrected chi connectivity index (χ1v) is 6.39. The first-order valence-electron chi connectivity index (χ1n) is 6.39. The number of hydrogen-bond donors (Lipinski definition) is 0. The van der Waals surface area contributed by atoms with Crippen LogP contribution in [0.25, 0.3) is 11.2 Å². The summed E-state index contributed by atoms with van der Waals surface area (Å²) in [5.41, 5.74) is 2.20. The third kappa shape index (κ3) is 2.66. The summed E-state index contributed by atoms with van der Waals surface area (Å²) >= 11 is 0. The molecule has 2 heterocycles. The first-order chi connectivity index (χ1) is 9.56.